The molecule has 130 valence electrons. The number of benzene rings is 2. The van der Waals surface area contributed by atoms with Gasteiger partial charge in [0.15, 0.2) is 0 Å². The number of halogens is 1. The standard InChI is InChI=1S/C23H15FN2S/c1-2-15-8-9-17(18(24)14-15)21-25-19-10-11-20(26-22(19)27-21)23(12-13-23)16-6-4-3-5-7-16/h2-14H,1H2. The van der Waals surface area contributed by atoms with Crippen LogP contribution in [0.1, 0.15) is 16.8 Å². The van der Waals surface area contributed by atoms with E-state index in [2.05, 4.69) is 35.8 Å². The quantitative estimate of drug-likeness (QED) is 0.412. The molecule has 0 unspecified atom stereocenters. The Morgan fingerprint density at radius 1 is 0.963 bits per heavy atom. The van der Waals surface area contributed by atoms with E-state index < -0.39 is 0 Å². The predicted molar refractivity (Wildman–Crippen MR) is 109 cm³/mol. The van der Waals surface area contributed by atoms with Crippen LogP contribution in [0.15, 0.2) is 79.4 Å². The summed E-state index contributed by atoms with van der Waals surface area (Å²) in [5.41, 5.74) is 3.98. The van der Waals surface area contributed by atoms with Crippen LogP contribution in [0, 0.1) is 5.82 Å². The second kappa shape index (κ2) is 5.96. The third-order valence-corrected chi connectivity index (χ3v) is 5.89. The molecule has 0 N–H and O–H groups in total. The molecule has 2 nitrogen and oxygen atoms in total. The number of aromatic nitrogens is 2. The zero-order valence-corrected chi connectivity index (χ0v) is 15.2. The van der Waals surface area contributed by atoms with E-state index in [4.69, 9.17) is 4.98 Å². The van der Waals surface area contributed by atoms with Gasteiger partial charge in [-0.2, -0.15) is 0 Å². The van der Waals surface area contributed by atoms with Crippen molar-refractivity contribution >= 4 is 27.8 Å². The van der Waals surface area contributed by atoms with Crippen LogP contribution in [0.5, 0.6) is 0 Å². The fourth-order valence-electron chi connectivity index (χ4n) is 3.30. The maximum Gasteiger partial charge on any atom is 0.144 e. The van der Waals surface area contributed by atoms with Crippen molar-refractivity contribution in [3.63, 3.8) is 0 Å². The molecule has 4 aromatic rings. The summed E-state index contributed by atoms with van der Waals surface area (Å²) in [7, 11) is 0. The second-order valence-electron chi connectivity index (χ2n) is 6.55. The van der Waals surface area contributed by atoms with Gasteiger partial charge in [0.05, 0.1) is 11.1 Å². The molecular weight excluding hydrogens is 355 g/mol. The Labute approximate surface area is 160 Å². The highest BCUT2D eigenvalue weighted by molar-refractivity contribution is 7.21. The van der Waals surface area contributed by atoms with Gasteiger partial charge in [-0.15, -0.1) is 0 Å². The third-order valence-electron chi connectivity index (χ3n) is 4.89. The summed E-state index contributed by atoms with van der Waals surface area (Å²) in [6.07, 6.45) is 5.95. The first-order valence-corrected chi connectivity index (χ1v) is 9.48. The van der Waals surface area contributed by atoms with E-state index in [1.807, 2.05) is 36.4 Å². The summed E-state index contributed by atoms with van der Waals surface area (Å²) in [4.78, 5) is 10.3. The van der Waals surface area contributed by atoms with Crippen molar-refractivity contribution in [2.24, 2.45) is 0 Å². The van der Waals surface area contributed by atoms with Crippen molar-refractivity contribution in [3.8, 4) is 10.6 Å². The van der Waals surface area contributed by atoms with Gasteiger partial charge in [-0.3, -0.25) is 0 Å². The number of hydrogen-bond acceptors (Lipinski definition) is 3. The molecule has 0 atom stereocenters. The average Bonchev–Trinajstić information content (AvgIpc) is 3.41. The van der Waals surface area contributed by atoms with Crippen LogP contribution in [0.4, 0.5) is 4.39 Å². The van der Waals surface area contributed by atoms with Crippen molar-refractivity contribution in [3.05, 3.63) is 102 Å². The van der Waals surface area contributed by atoms with Crippen LogP contribution in [-0.2, 0) is 5.41 Å². The summed E-state index contributed by atoms with van der Waals surface area (Å²) in [5, 5.41) is 0.639. The third kappa shape index (κ3) is 2.61. The summed E-state index contributed by atoms with van der Waals surface area (Å²) in [5.74, 6) is -0.295. The Morgan fingerprint density at radius 3 is 2.48 bits per heavy atom. The lowest BCUT2D eigenvalue weighted by Gasteiger charge is -2.15. The lowest BCUT2D eigenvalue weighted by atomic mass is 9.89. The number of allylic oxidation sites excluding steroid dienone is 2. The predicted octanol–water partition coefficient (Wildman–Crippen LogP) is 6.00. The highest BCUT2D eigenvalue weighted by Gasteiger charge is 2.39. The van der Waals surface area contributed by atoms with Crippen LogP contribution in [-0.4, -0.2) is 9.97 Å². The normalized spacial score (nSPS) is 14.4. The van der Waals surface area contributed by atoms with E-state index in [0.29, 0.717) is 10.6 Å². The first-order chi connectivity index (χ1) is 13.2. The molecule has 0 spiro atoms. The lowest BCUT2D eigenvalue weighted by Crippen LogP contribution is -2.12. The first kappa shape index (κ1) is 16.1. The fourth-order valence-corrected chi connectivity index (χ4v) is 4.27. The fraction of sp³-hybridized carbons (Fsp3) is 0.0435. The van der Waals surface area contributed by atoms with E-state index in [-0.39, 0.29) is 11.2 Å². The molecule has 0 radical (unpaired) electrons. The monoisotopic (exact) mass is 370 g/mol. The van der Waals surface area contributed by atoms with Crippen molar-refractivity contribution in [1.29, 1.82) is 0 Å². The minimum absolute atomic E-state index is 0.226. The maximum absolute atomic E-state index is 14.4. The molecule has 2 aromatic carbocycles. The van der Waals surface area contributed by atoms with E-state index in [1.165, 1.54) is 23.0 Å². The number of rotatable bonds is 4. The molecule has 0 bridgehead atoms. The lowest BCUT2D eigenvalue weighted by molar-refractivity contribution is 0.631. The Hall–Kier alpha value is -3.11. The smallest absolute Gasteiger partial charge is 0.144 e. The molecule has 0 aliphatic heterocycles. The van der Waals surface area contributed by atoms with Gasteiger partial charge >= 0.3 is 0 Å². The average molecular weight is 370 g/mol. The van der Waals surface area contributed by atoms with Gasteiger partial charge < -0.3 is 0 Å². The molecule has 1 aliphatic carbocycles. The molecular formula is C23H15FN2S. The second-order valence-corrected chi connectivity index (χ2v) is 7.53. The van der Waals surface area contributed by atoms with Crippen molar-refractivity contribution < 1.29 is 4.39 Å². The van der Waals surface area contributed by atoms with Gasteiger partial charge in [0, 0.05) is 5.56 Å². The molecule has 1 aliphatic rings. The van der Waals surface area contributed by atoms with Crippen LogP contribution < -0.4 is 0 Å². The zero-order chi connectivity index (χ0) is 18.4. The maximum atomic E-state index is 14.4. The Balaban J connectivity index is 1.57. The Kier molecular flexibility index (Phi) is 3.55. The first-order valence-electron chi connectivity index (χ1n) is 8.66. The number of hydrogen-bond donors (Lipinski definition) is 0. The minimum Gasteiger partial charge on any atom is -0.239 e. The Morgan fingerprint density at radius 2 is 1.78 bits per heavy atom. The number of pyridine rings is 1. The van der Waals surface area contributed by atoms with E-state index >= 15 is 0 Å². The molecule has 5 rings (SSSR count). The number of nitrogens with zero attached hydrogens (tertiary/aromatic N) is 2. The van der Waals surface area contributed by atoms with Gasteiger partial charge in [0.2, 0.25) is 0 Å². The molecule has 0 fully saturated rings. The van der Waals surface area contributed by atoms with Crippen molar-refractivity contribution in [2.45, 2.75) is 5.41 Å². The molecule has 27 heavy (non-hydrogen) atoms. The molecule has 2 heterocycles. The molecule has 0 saturated carbocycles. The Bertz CT molecular complexity index is 1200. The van der Waals surface area contributed by atoms with E-state index in [9.17, 15) is 4.39 Å². The number of fused-ring (bicyclic) bond motifs is 1. The van der Waals surface area contributed by atoms with E-state index in [0.717, 1.165) is 21.6 Å². The summed E-state index contributed by atoms with van der Waals surface area (Å²) < 4.78 is 14.4. The van der Waals surface area contributed by atoms with Gasteiger partial charge in [0.25, 0.3) is 0 Å². The van der Waals surface area contributed by atoms with Crippen LogP contribution in [0.2, 0.25) is 0 Å². The number of thiazole rings is 1. The topological polar surface area (TPSA) is 25.8 Å². The summed E-state index contributed by atoms with van der Waals surface area (Å²) >= 11 is 1.42. The summed E-state index contributed by atoms with van der Waals surface area (Å²) in [6, 6.07) is 19.4. The van der Waals surface area contributed by atoms with Crippen molar-refractivity contribution in [1.82, 2.24) is 9.97 Å². The molecule has 2 aromatic heterocycles. The molecule has 0 amide bonds. The van der Waals surface area contributed by atoms with E-state index in [1.54, 1.807) is 12.1 Å². The summed E-state index contributed by atoms with van der Waals surface area (Å²) in [6.45, 7) is 3.68. The van der Waals surface area contributed by atoms with Gasteiger partial charge in [-0.05, 0) is 35.4 Å². The minimum atomic E-state index is -0.295. The molecule has 0 saturated heterocycles. The van der Waals surface area contributed by atoms with Crippen LogP contribution >= 0.6 is 11.3 Å². The van der Waals surface area contributed by atoms with Crippen LogP contribution in [0.3, 0.4) is 0 Å². The van der Waals surface area contributed by atoms with Gasteiger partial charge in [0.1, 0.15) is 21.2 Å². The van der Waals surface area contributed by atoms with Crippen molar-refractivity contribution in [2.75, 3.05) is 0 Å². The molecule has 4 heteroatoms. The highest BCUT2D eigenvalue weighted by atomic mass is 32.1. The van der Waals surface area contributed by atoms with Gasteiger partial charge in [-0.25, -0.2) is 14.4 Å². The van der Waals surface area contributed by atoms with Gasteiger partial charge in [-0.1, -0.05) is 72.5 Å². The van der Waals surface area contributed by atoms with Crippen LogP contribution in [0.25, 0.3) is 27.0 Å². The SMILES string of the molecule is C=Cc1ccc(-c2nc3ccc(C4(c5ccccc5)C=C4)nc3s2)c(F)c1. The highest BCUT2D eigenvalue weighted by Crippen LogP contribution is 2.45. The largest absolute Gasteiger partial charge is 0.239 e. The zero-order valence-electron chi connectivity index (χ0n) is 14.4.